The predicted molar refractivity (Wildman–Crippen MR) is 70.8 cm³/mol. The van der Waals surface area contributed by atoms with Crippen LogP contribution in [0.5, 0.6) is 5.06 Å². The first kappa shape index (κ1) is 14.0. The summed E-state index contributed by atoms with van der Waals surface area (Å²) in [5.41, 5.74) is 1.26. The van der Waals surface area contributed by atoms with Crippen molar-refractivity contribution in [3.8, 4) is 5.06 Å². The summed E-state index contributed by atoms with van der Waals surface area (Å²) in [6.45, 7) is 5.89. The van der Waals surface area contributed by atoms with Gasteiger partial charge < -0.3 is 15.0 Å². The summed E-state index contributed by atoms with van der Waals surface area (Å²) in [6.07, 6.45) is 0.709. The molecule has 4 nitrogen and oxygen atoms in total. The summed E-state index contributed by atoms with van der Waals surface area (Å²) in [5.74, 6) is 0. The number of amides is 1. The molecule has 0 aromatic carbocycles. The normalized spacial score (nSPS) is 13.2. The molecule has 17 heavy (non-hydrogen) atoms. The largest absolute Gasteiger partial charge is 0.415 e. The molecule has 5 heteroatoms. The molecule has 2 rings (SSSR count). The van der Waals surface area contributed by atoms with E-state index in [9.17, 15) is 4.79 Å². The van der Waals surface area contributed by atoms with Gasteiger partial charge in [0.05, 0.1) is 0 Å². The zero-order chi connectivity index (χ0) is 12.8. The van der Waals surface area contributed by atoms with Crippen molar-refractivity contribution in [3.05, 3.63) is 16.5 Å². The molecule has 0 saturated carbocycles. The molecule has 2 heterocycles. The maximum atomic E-state index is 11.3. The second-order valence-electron chi connectivity index (χ2n) is 3.70. The Morgan fingerprint density at radius 1 is 1.47 bits per heavy atom. The van der Waals surface area contributed by atoms with E-state index in [2.05, 4.69) is 5.32 Å². The average molecular weight is 256 g/mol. The molecule has 96 valence electrons. The molecule has 0 atom stereocenters. The van der Waals surface area contributed by atoms with Gasteiger partial charge in [-0.15, -0.1) is 11.3 Å². The predicted octanol–water partition coefficient (Wildman–Crippen LogP) is 2.48. The summed E-state index contributed by atoms with van der Waals surface area (Å²) >= 11 is 1.57. The Balaban J connectivity index is 0.000000686. The molecule has 1 aromatic rings. The van der Waals surface area contributed by atoms with E-state index >= 15 is 0 Å². The highest BCUT2D eigenvalue weighted by atomic mass is 32.1. The molecule has 1 N–H and O–H groups in total. The standard InChI is InChI=1S/C10H14N2O2S.C2H6/c1-12(2)10(13)14-9-5-7-6-11-4-3-8(7)15-9;1-2/h5,11H,3-4,6H2,1-2H3;1-2H3. The number of carbonyl (C=O) groups excluding carboxylic acids is 1. The number of carbonyl (C=O) groups is 1. The highest BCUT2D eigenvalue weighted by Crippen LogP contribution is 2.31. The average Bonchev–Trinajstić information content (AvgIpc) is 2.73. The molecule has 0 unspecified atom stereocenters. The van der Waals surface area contributed by atoms with Gasteiger partial charge in [-0.25, -0.2) is 4.79 Å². The molecule has 1 amide bonds. The van der Waals surface area contributed by atoms with Crippen molar-refractivity contribution in [2.45, 2.75) is 26.8 Å². The van der Waals surface area contributed by atoms with Gasteiger partial charge in [-0.1, -0.05) is 13.8 Å². The lowest BCUT2D eigenvalue weighted by Gasteiger charge is -2.10. The Morgan fingerprint density at radius 2 is 2.18 bits per heavy atom. The fraction of sp³-hybridized carbons (Fsp3) is 0.583. The molecule has 0 radical (unpaired) electrons. The number of ether oxygens (including phenoxy) is 1. The number of thiophene rings is 1. The summed E-state index contributed by atoms with van der Waals surface area (Å²) < 4.78 is 5.21. The van der Waals surface area contributed by atoms with Crippen LogP contribution in [0.15, 0.2) is 6.07 Å². The zero-order valence-corrected chi connectivity index (χ0v) is 11.7. The van der Waals surface area contributed by atoms with Crippen molar-refractivity contribution in [1.82, 2.24) is 10.2 Å². The van der Waals surface area contributed by atoms with Crippen LogP contribution < -0.4 is 10.1 Å². The molecule has 0 fully saturated rings. The van der Waals surface area contributed by atoms with Crippen molar-refractivity contribution in [2.75, 3.05) is 20.6 Å². The number of hydrogen-bond donors (Lipinski definition) is 1. The third-order valence-electron chi connectivity index (χ3n) is 2.27. The molecule has 0 aliphatic carbocycles. The molecule has 1 aliphatic rings. The van der Waals surface area contributed by atoms with Crippen LogP contribution in [0.2, 0.25) is 0 Å². The van der Waals surface area contributed by atoms with Crippen molar-refractivity contribution < 1.29 is 9.53 Å². The van der Waals surface area contributed by atoms with E-state index < -0.39 is 0 Å². The lowest BCUT2D eigenvalue weighted by atomic mass is 10.1. The number of fused-ring (bicyclic) bond motifs is 1. The molecule has 0 spiro atoms. The van der Waals surface area contributed by atoms with Crippen LogP contribution in [0.25, 0.3) is 0 Å². The van der Waals surface area contributed by atoms with Gasteiger partial charge in [-0.05, 0) is 18.1 Å². The maximum absolute atomic E-state index is 11.3. The summed E-state index contributed by atoms with van der Waals surface area (Å²) in [6, 6.07) is 1.95. The van der Waals surface area contributed by atoms with E-state index in [-0.39, 0.29) is 6.09 Å². The van der Waals surface area contributed by atoms with Crippen molar-refractivity contribution in [1.29, 1.82) is 0 Å². The summed E-state index contributed by atoms with van der Waals surface area (Å²) in [5, 5.41) is 3.98. The Hall–Kier alpha value is -1.07. The summed E-state index contributed by atoms with van der Waals surface area (Å²) in [4.78, 5) is 14.1. The Bertz CT molecular complexity index is 351. The molecule has 0 saturated heterocycles. The topological polar surface area (TPSA) is 41.6 Å². The number of nitrogens with zero attached hydrogens (tertiary/aromatic N) is 1. The van der Waals surface area contributed by atoms with Gasteiger partial charge in [0.2, 0.25) is 0 Å². The fourth-order valence-corrected chi connectivity index (χ4v) is 2.48. The van der Waals surface area contributed by atoms with Crippen LogP contribution in [0.1, 0.15) is 24.3 Å². The van der Waals surface area contributed by atoms with Crippen LogP contribution in [0.3, 0.4) is 0 Å². The van der Waals surface area contributed by atoms with Crippen molar-refractivity contribution in [2.24, 2.45) is 0 Å². The lowest BCUT2D eigenvalue weighted by molar-refractivity contribution is 0.173. The molecular formula is C12H20N2O2S. The minimum absolute atomic E-state index is 0.318. The SMILES string of the molecule is CC.CN(C)C(=O)Oc1cc2c(s1)CCNC2. The Morgan fingerprint density at radius 3 is 2.76 bits per heavy atom. The van der Waals surface area contributed by atoms with Crippen LogP contribution in [0, 0.1) is 0 Å². The molecular weight excluding hydrogens is 236 g/mol. The first-order chi connectivity index (χ1) is 8.16. The first-order valence-electron chi connectivity index (χ1n) is 5.88. The smallest absolute Gasteiger partial charge is 0.399 e. The van der Waals surface area contributed by atoms with E-state index in [1.54, 1.807) is 25.4 Å². The van der Waals surface area contributed by atoms with Gasteiger partial charge in [-0.2, -0.15) is 0 Å². The van der Waals surface area contributed by atoms with Crippen molar-refractivity contribution >= 4 is 17.4 Å². The number of hydrogen-bond acceptors (Lipinski definition) is 4. The maximum Gasteiger partial charge on any atom is 0.415 e. The van der Waals surface area contributed by atoms with Gasteiger partial charge in [0.25, 0.3) is 0 Å². The van der Waals surface area contributed by atoms with E-state index in [4.69, 9.17) is 4.74 Å². The van der Waals surface area contributed by atoms with Crippen LogP contribution in [-0.2, 0) is 13.0 Å². The number of nitrogens with one attached hydrogen (secondary N) is 1. The van der Waals surface area contributed by atoms with Crippen LogP contribution in [0.4, 0.5) is 4.79 Å². The Labute approximate surface area is 107 Å². The van der Waals surface area contributed by atoms with Gasteiger partial charge in [-0.3, -0.25) is 0 Å². The van der Waals surface area contributed by atoms with Gasteiger partial charge in [0.15, 0.2) is 5.06 Å². The second-order valence-corrected chi connectivity index (χ2v) is 4.80. The fourth-order valence-electron chi connectivity index (χ4n) is 1.45. The monoisotopic (exact) mass is 256 g/mol. The highest BCUT2D eigenvalue weighted by Gasteiger charge is 2.15. The first-order valence-corrected chi connectivity index (χ1v) is 6.70. The van der Waals surface area contributed by atoms with E-state index in [0.717, 1.165) is 19.5 Å². The minimum atomic E-state index is -0.318. The third kappa shape index (κ3) is 3.71. The van der Waals surface area contributed by atoms with E-state index in [1.165, 1.54) is 15.3 Å². The van der Waals surface area contributed by atoms with Crippen LogP contribution in [-0.4, -0.2) is 31.6 Å². The van der Waals surface area contributed by atoms with Crippen LogP contribution >= 0.6 is 11.3 Å². The van der Waals surface area contributed by atoms with Gasteiger partial charge in [0.1, 0.15) is 0 Å². The van der Waals surface area contributed by atoms with Gasteiger partial charge >= 0.3 is 6.09 Å². The Kier molecular flexibility index (Phi) is 5.44. The molecule has 0 bridgehead atoms. The molecule has 1 aliphatic heterocycles. The van der Waals surface area contributed by atoms with Gasteiger partial charge in [0, 0.05) is 32.1 Å². The third-order valence-corrected chi connectivity index (χ3v) is 3.39. The van der Waals surface area contributed by atoms with Crippen molar-refractivity contribution in [3.63, 3.8) is 0 Å². The highest BCUT2D eigenvalue weighted by molar-refractivity contribution is 7.14. The lowest BCUT2D eigenvalue weighted by Crippen LogP contribution is -2.24. The molecule has 1 aromatic heterocycles. The number of rotatable bonds is 1. The quantitative estimate of drug-likeness (QED) is 0.839. The zero-order valence-electron chi connectivity index (χ0n) is 10.9. The summed E-state index contributed by atoms with van der Waals surface area (Å²) in [7, 11) is 3.36. The second kappa shape index (κ2) is 6.61. The van der Waals surface area contributed by atoms with E-state index in [0.29, 0.717) is 5.06 Å². The van der Waals surface area contributed by atoms with E-state index in [1.807, 2.05) is 19.9 Å². The minimum Gasteiger partial charge on any atom is -0.399 e.